The van der Waals surface area contributed by atoms with Gasteiger partial charge in [-0.1, -0.05) is 6.07 Å². The number of nitrogens with one attached hydrogen (secondary N) is 2. The van der Waals surface area contributed by atoms with E-state index < -0.39 is 0 Å². The third-order valence-electron chi connectivity index (χ3n) is 2.60. The lowest BCUT2D eigenvalue weighted by molar-refractivity contribution is 0.624. The van der Waals surface area contributed by atoms with Crippen LogP contribution in [-0.2, 0) is 6.54 Å². The van der Waals surface area contributed by atoms with Crippen molar-refractivity contribution < 1.29 is 4.39 Å². The molecule has 114 valence electrons. The highest BCUT2D eigenvalue weighted by molar-refractivity contribution is 14.0. The predicted molar refractivity (Wildman–Crippen MR) is 94.6 cm³/mol. The zero-order valence-electron chi connectivity index (χ0n) is 12.5. The summed E-state index contributed by atoms with van der Waals surface area (Å²) in [6.45, 7) is 6.09. The van der Waals surface area contributed by atoms with E-state index in [2.05, 4.69) is 15.6 Å². The Morgan fingerprint density at radius 3 is 2.25 bits per heavy atom. The van der Waals surface area contributed by atoms with E-state index in [-0.39, 0.29) is 29.8 Å². The van der Waals surface area contributed by atoms with E-state index in [1.807, 2.05) is 34.0 Å². The van der Waals surface area contributed by atoms with Gasteiger partial charge < -0.3 is 15.5 Å². The van der Waals surface area contributed by atoms with E-state index in [4.69, 9.17) is 0 Å². The summed E-state index contributed by atoms with van der Waals surface area (Å²) in [4.78, 5) is 6.16. The molecule has 0 amide bonds. The van der Waals surface area contributed by atoms with E-state index >= 15 is 0 Å². The van der Waals surface area contributed by atoms with Gasteiger partial charge in [-0.05, 0) is 31.5 Å². The van der Waals surface area contributed by atoms with Crippen LogP contribution in [0.1, 0.15) is 19.4 Å². The van der Waals surface area contributed by atoms with Gasteiger partial charge in [0.2, 0.25) is 0 Å². The van der Waals surface area contributed by atoms with Gasteiger partial charge in [-0.2, -0.15) is 0 Å². The topological polar surface area (TPSA) is 39.7 Å². The molecule has 0 heterocycles. The first-order chi connectivity index (χ1) is 9.08. The summed E-state index contributed by atoms with van der Waals surface area (Å²) in [5, 5.41) is 6.27. The molecule has 1 aromatic carbocycles. The van der Waals surface area contributed by atoms with Crippen molar-refractivity contribution in [3.63, 3.8) is 0 Å². The van der Waals surface area contributed by atoms with Crippen LogP contribution in [0.15, 0.2) is 23.2 Å². The number of aliphatic imine (C=N–C) groups is 1. The molecule has 0 radical (unpaired) electrons. The third kappa shape index (κ3) is 5.94. The van der Waals surface area contributed by atoms with Crippen molar-refractivity contribution in [2.75, 3.05) is 32.1 Å². The summed E-state index contributed by atoms with van der Waals surface area (Å²) in [6, 6.07) is 5.21. The van der Waals surface area contributed by atoms with Crippen molar-refractivity contribution in [2.24, 2.45) is 4.99 Å². The zero-order chi connectivity index (χ0) is 14.3. The van der Waals surface area contributed by atoms with Crippen molar-refractivity contribution in [1.82, 2.24) is 10.6 Å². The molecule has 1 rings (SSSR count). The molecular formula is C14H24FIN4. The van der Waals surface area contributed by atoms with Crippen molar-refractivity contribution in [3.05, 3.63) is 29.6 Å². The minimum absolute atomic E-state index is 0. The molecule has 0 fully saturated rings. The van der Waals surface area contributed by atoms with E-state index in [9.17, 15) is 4.39 Å². The summed E-state index contributed by atoms with van der Waals surface area (Å²) in [7, 11) is 3.65. The van der Waals surface area contributed by atoms with Crippen molar-refractivity contribution in [1.29, 1.82) is 0 Å². The van der Waals surface area contributed by atoms with Gasteiger partial charge in [0.1, 0.15) is 5.82 Å². The molecule has 0 bridgehead atoms. The lowest BCUT2D eigenvalue weighted by Crippen LogP contribution is -2.36. The van der Waals surface area contributed by atoms with E-state index in [1.165, 1.54) is 6.07 Å². The normalized spacial score (nSPS) is 9.45. The maximum Gasteiger partial charge on any atom is 0.191 e. The standard InChI is InChI=1S/C14H23FN4.HI/c1-5-16-14(17-6-2)18-10-11-7-8-13(19(3)4)12(15)9-11;/h7-9H,5-6,10H2,1-4H3,(H2,16,17,18);1H. The van der Waals surface area contributed by atoms with Crippen molar-refractivity contribution >= 4 is 35.6 Å². The second kappa shape index (κ2) is 9.79. The smallest absolute Gasteiger partial charge is 0.191 e. The predicted octanol–water partition coefficient (Wildman–Crippen LogP) is 2.58. The second-order valence-electron chi connectivity index (χ2n) is 4.41. The van der Waals surface area contributed by atoms with Gasteiger partial charge in [0.15, 0.2) is 5.96 Å². The number of nitrogens with zero attached hydrogens (tertiary/aromatic N) is 2. The molecule has 0 aliphatic heterocycles. The van der Waals surface area contributed by atoms with Crippen LogP contribution in [0.2, 0.25) is 0 Å². The highest BCUT2D eigenvalue weighted by Gasteiger charge is 2.05. The number of benzene rings is 1. The summed E-state index contributed by atoms with van der Waals surface area (Å²) in [5.74, 6) is 0.535. The van der Waals surface area contributed by atoms with E-state index in [1.54, 1.807) is 11.0 Å². The first-order valence-corrected chi connectivity index (χ1v) is 6.56. The van der Waals surface area contributed by atoms with Crippen molar-refractivity contribution in [3.8, 4) is 0 Å². The number of hydrogen-bond donors (Lipinski definition) is 2. The number of hydrogen-bond acceptors (Lipinski definition) is 2. The molecular weight excluding hydrogens is 370 g/mol. The Hall–Kier alpha value is -1.05. The quantitative estimate of drug-likeness (QED) is 0.458. The van der Waals surface area contributed by atoms with Gasteiger partial charge in [-0.15, -0.1) is 24.0 Å². The highest BCUT2D eigenvalue weighted by atomic mass is 127. The first kappa shape index (κ1) is 18.9. The third-order valence-corrected chi connectivity index (χ3v) is 2.60. The van der Waals surface area contributed by atoms with Gasteiger partial charge in [0, 0.05) is 27.2 Å². The summed E-state index contributed by atoms with van der Waals surface area (Å²) in [6.07, 6.45) is 0. The molecule has 2 N–H and O–H groups in total. The maximum atomic E-state index is 13.8. The molecule has 0 atom stereocenters. The Bertz CT molecular complexity index is 427. The zero-order valence-corrected chi connectivity index (χ0v) is 14.9. The molecule has 0 aliphatic rings. The van der Waals surface area contributed by atoms with Gasteiger partial charge in [0.25, 0.3) is 0 Å². The molecule has 0 aliphatic carbocycles. The highest BCUT2D eigenvalue weighted by Crippen LogP contribution is 2.18. The fraction of sp³-hybridized carbons (Fsp3) is 0.500. The molecule has 6 heteroatoms. The van der Waals surface area contributed by atoms with Gasteiger partial charge >= 0.3 is 0 Å². The van der Waals surface area contributed by atoms with Gasteiger partial charge in [-0.25, -0.2) is 9.38 Å². The number of halogens is 2. The number of anilines is 1. The van der Waals surface area contributed by atoms with Crippen LogP contribution in [0.4, 0.5) is 10.1 Å². The molecule has 4 nitrogen and oxygen atoms in total. The minimum Gasteiger partial charge on any atom is -0.375 e. The van der Waals surface area contributed by atoms with Gasteiger partial charge in [-0.3, -0.25) is 0 Å². The lowest BCUT2D eigenvalue weighted by Gasteiger charge is -2.14. The maximum absolute atomic E-state index is 13.8. The Labute approximate surface area is 137 Å². The van der Waals surface area contributed by atoms with E-state index in [0.717, 1.165) is 24.6 Å². The van der Waals surface area contributed by atoms with Crippen LogP contribution in [0.5, 0.6) is 0 Å². The van der Waals surface area contributed by atoms with Crippen LogP contribution >= 0.6 is 24.0 Å². The monoisotopic (exact) mass is 394 g/mol. The van der Waals surface area contributed by atoms with Crippen LogP contribution in [0.3, 0.4) is 0 Å². The Morgan fingerprint density at radius 2 is 1.80 bits per heavy atom. The Morgan fingerprint density at radius 1 is 1.20 bits per heavy atom. The molecule has 0 unspecified atom stereocenters. The molecule has 20 heavy (non-hydrogen) atoms. The number of guanidine groups is 1. The molecule has 1 aromatic rings. The van der Waals surface area contributed by atoms with Crippen molar-refractivity contribution in [2.45, 2.75) is 20.4 Å². The lowest BCUT2D eigenvalue weighted by atomic mass is 10.2. The average Bonchev–Trinajstić information content (AvgIpc) is 2.36. The summed E-state index contributed by atoms with van der Waals surface area (Å²) >= 11 is 0. The molecule has 0 aromatic heterocycles. The fourth-order valence-electron chi connectivity index (χ4n) is 1.69. The summed E-state index contributed by atoms with van der Waals surface area (Å²) < 4.78 is 13.8. The van der Waals surface area contributed by atoms with Crippen LogP contribution < -0.4 is 15.5 Å². The van der Waals surface area contributed by atoms with Crippen LogP contribution in [0, 0.1) is 5.82 Å². The number of rotatable bonds is 5. The minimum atomic E-state index is -0.217. The largest absolute Gasteiger partial charge is 0.375 e. The first-order valence-electron chi connectivity index (χ1n) is 6.56. The SMILES string of the molecule is CCNC(=NCc1ccc(N(C)C)c(F)c1)NCC.I. The second-order valence-corrected chi connectivity index (χ2v) is 4.41. The Kier molecular flexibility index (Phi) is 9.28. The van der Waals surface area contributed by atoms with E-state index in [0.29, 0.717) is 12.2 Å². The van der Waals surface area contributed by atoms with Gasteiger partial charge in [0.05, 0.1) is 12.2 Å². The molecule has 0 saturated heterocycles. The Balaban J connectivity index is 0.00000361. The van der Waals surface area contributed by atoms with Crippen LogP contribution in [0.25, 0.3) is 0 Å². The summed E-state index contributed by atoms with van der Waals surface area (Å²) in [5.41, 5.74) is 1.45. The van der Waals surface area contributed by atoms with Crippen LogP contribution in [-0.4, -0.2) is 33.1 Å². The molecule has 0 spiro atoms. The average molecular weight is 394 g/mol. The molecule has 0 saturated carbocycles. The fourth-order valence-corrected chi connectivity index (χ4v) is 1.69.